The summed E-state index contributed by atoms with van der Waals surface area (Å²) < 4.78 is 1.03. The largest absolute Gasteiger partial charge is 0.300 e. The monoisotopic (exact) mass is 413 g/mol. The highest BCUT2D eigenvalue weighted by molar-refractivity contribution is 9.10. The van der Waals surface area contributed by atoms with Crippen LogP contribution in [-0.4, -0.2) is 16.1 Å². The summed E-state index contributed by atoms with van der Waals surface area (Å²) in [4.78, 5) is 13.2. The predicted molar refractivity (Wildman–Crippen MR) is 103 cm³/mol. The van der Waals surface area contributed by atoms with E-state index in [0.717, 1.165) is 10.0 Å². The molecule has 0 unspecified atom stereocenters. The van der Waals surface area contributed by atoms with Crippen LogP contribution in [0.1, 0.15) is 29.5 Å². The highest BCUT2D eigenvalue weighted by atomic mass is 79.9. The maximum Gasteiger partial charge on any atom is 0.233 e. The Hall–Kier alpha value is -2.05. The second-order valence-electron chi connectivity index (χ2n) is 6.48. The summed E-state index contributed by atoms with van der Waals surface area (Å²) in [5, 5.41) is 11.2. The van der Waals surface area contributed by atoms with Crippen molar-refractivity contribution in [3.8, 4) is 0 Å². The van der Waals surface area contributed by atoms with Gasteiger partial charge in [0.05, 0.1) is 5.41 Å². The zero-order chi connectivity index (χ0) is 17.4. The van der Waals surface area contributed by atoms with Gasteiger partial charge in [-0.2, -0.15) is 0 Å². The molecule has 3 aromatic rings. The number of hydrogen-bond donors (Lipinski definition) is 1. The number of amides is 1. The maximum atomic E-state index is 13.2. The standard InChI is InChI=1S/C19H16BrN3OS/c1-19(17(24)22-18-23-21-11-25-18)10-13-7-8-14(20)9-15(13)16(19)12-5-3-2-4-6-12/h2-9,11,16H,10H2,1H3,(H,22,23,24)/t16-,19+/m0/s1. The predicted octanol–water partition coefficient (Wildman–Crippen LogP) is 4.63. The fourth-order valence-corrected chi connectivity index (χ4v) is 4.53. The number of anilines is 1. The summed E-state index contributed by atoms with van der Waals surface area (Å²) in [6.45, 7) is 2.04. The van der Waals surface area contributed by atoms with Crippen LogP contribution < -0.4 is 5.32 Å². The van der Waals surface area contributed by atoms with Gasteiger partial charge in [-0.25, -0.2) is 0 Å². The van der Waals surface area contributed by atoms with Crippen molar-refractivity contribution in [2.45, 2.75) is 19.3 Å². The third-order valence-corrected chi connectivity index (χ3v) is 5.95. The first-order valence-corrected chi connectivity index (χ1v) is 9.66. The van der Waals surface area contributed by atoms with Crippen LogP contribution in [-0.2, 0) is 11.2 Å². The minimum absolute atomic E-state index is 0.00544. The molecular weight excluding hydrogens is 398 g/mol. The zero-order valence-corrected chi connectivity index (χ0v) is 16.0. The lowest BCUT2D eigenvalue weighted by Crippen LogP contribution is -2.37. The molecule has 0 saturated heterocycles. The lowest BCUT2D eigenvalue weighted by Gasteiger charge is -2.30. The Labute approximate surface area is 158 Å². The maximum absolute atomic E-state index is 13.2. The lowest BCUT2D eigenvalue weighted by molar-refractivity contribution is -0.125. The van der Waals surface area contributed by atoms with E-state index >= 15 is 0 Å². The molecular formula is C19H16BrN3OS. The number of aromatic nitrogens is 2. The summed E-state index contributed by atoms with van der Waals surface area (Å²) in [6, 6.07) is 16.5. The number of benzene rings is 2. The molecule has 0 spiro atoms. The number of carbonyl (C=O) groups excluding carboxylic acids is 1. The molecule has 1 aromatic heterocycles. The van der Waals surface area contributed by atoms with Crippen LogP contribution in [0, 0.1) is 5.41 Å². The Morgan fingerprint density at radius 2 is 2.08 bits per heavy atom. The highest BCUT2D eigenvalue weighted by Crippen LogP contribution is 2.51. The van der Waals surface area contributed by atoms with Crippen LogP contribution in [0.5, 0.6) is 0 Å². The number of fused-ring (bicyclic) bond motifs is 1. The van der Waals surface area contributed by atoms with Crippen LogP contribution in [0.15, 0.2) is 58.5 Å². The Bertz CT molecular complexity index is 914. The van der Waals surface area contributed by atoms with Crippen molar-refractivity contribution >= 4 is 38.3 Å². The van der Waals surface area contributed by atoms with Gasteiger partial charge >= 0.3 is 0 Å². The molecule has 4 nitrogen and oxygen atoms in total. The number of hydrogen-bond acceptors (Lipinski definition) is 4. The van der Waals surface area contributed by atoms with Gasteiger partial charge in [0.2, 0.25) is 11.0 Å². The zero-order valence-electron chi connectivity index (χ0n) is 13.6. The molecule has 2 aromatic carbocycles. The summed E-state index contributed by atoms with van der Waals surface area (Å²) in [5.74, 6) is -0.0282. The van der Waals surface area contributed by atoms with E-state index in [1.165, 1.54) is 22.5 Å². The van der Waals surface area contributed by atoms with E-state index in [9.17, 15) is 4.79 Å². The number of rotatable bonds is 3. The van der Waals surface area contributed by atoms with Crippen molar-refractivity contribution in [1.82, 2.24) is 10.2 Å². The van der Waals surface area contributed by atoms with Crippen LogP contribution in [0.25, 0.3) is 0 Å². The average Bonchev–Trinajstić information content (AvgIpc) is 3.21. The molecule has 0 aliphatic heterocycles. The van der Waals surface area contributed by atoms with Gasteiger partial charge in [0.1, 0.15) is 5.51 Å². The summed E-state index contributed by atoms with van der Waals surface area (Å²) >= 11 is 4.90. The average molecular weight is 414 g/mol. The molecule has 1 amide bonds. The van der Waals surface area contributed by atoms with Crippen molar-refractivity contribution in [3.63, 3.8) is 0 Å². The highest BCUT2D eigenvalue weighted by Gasteiger charge is 2.48. The van der Waals surface area contributed by atoms with E-state index in [2.05, 4.69) is 55.7 Å². The van der Waals surface area contributed by atoms with E-state index in [4.69, 9.17) is 0 Å². The number of nitrogens with zero attached hydrogens (tertiary/aromatic N) is 2. The van der Waals surface area contributed by atoms with Crippen molar-refractivity contribution < 1.29 is 4.79 Å². The second-order valence-corrected chi connectivity index (χ2v) is 8.23. The third kappa shape index (κ3) is 2.89. The molecule has 2 atom stereocenters. The third-order valence-electron chi connectivity index (χ3n) is 4.85. The molecule has 0 bridgehead atoms. The van der Waals surface area contributed by atoms with Gasteiger partial charge in [-0.1, -0.05) is 63.7 Å². The van der Waals surface area contributed by atoms with E-state index in [1.54, 1.807) is 5.51 Å². The first-order valence-electron chi connectivity index (χ1n) is 7.99. The molecule has 25 heavy (non-hydrogen) atoms. The molecule has 1 aliphatic carbocycles. The van der Waals surface area contributed by atoms with E-state index in [-0.39, 0.29) is 11.8 Å². The minimum atomic E-state index is -0.587. The van der Waals surface area contributed by atoms with Gasteiger partial charge < -0.3 is 5.32 Å². The van der Waals surface area contributed by atoms with Crippen LogP contribution in [0.4, 0.5) is 5.13 Å². The van der Waals surface area contributed by atoms with Crippen molar-refractivity contribution in [2.24, 2.45) is 5.41 Å². The molecule has 0 fully saturated rings. The van der Waals surface area contributed by atoms with Crippen molar-refractivity contribution in [1.29, 1.82) is 0 Å². The Morgan fingerprint density at radius 1 is 1.28 bits per heavy atom. The van der Waals surface area contributed by atoms with Gasteiger partial charge in [0, 0.05) is 10.4 Å². The van der Waals surface area contributed by atoms with Crippen LogP contribution >= 0.6 is 27.3 Å². The molecule has 1 N–H and O–H groups in total. The van der Waals surface area contributed by atoms with E-state index in [1.807, 2.05) is 31.2 Å². The van der Waals surface area contributed by atoms with Crippen molar-refractivity contribution in [2.75, 3.05) is 5.32 Å². The van der Waals surface area contributed by atoms with E-state index in [0.29, 0.717) is 11.6 Å². The molecule has 4 rings (SSSR count). The SMILES string of the molecule is C[C@@]1(C(=O)Nc2nncs2)Cc2ccc(Br)cc2[C@@H]1c1ccccc1. The summed E-state index contributed by atoms with van der Waals surface area (Å²) in [7, 11) is 0. The number of nitrogens with one attached hydrogen (secondary N) is 1. The van der Waals surface area contributed by atoms with Gasteiger partial charge in [-0.3, -0.25) is 4.79 Å². The molecule has 1 heterocycles. The normalized spacial score (nSPS) is 21.8. The molecule has 6 heteroatoms. The number of carbonyl (C=O) groups is 1. The molecule has 1 aliphatic rings. The smallest absolute Gasteiger partial charge is 0.233 e. The Morgan fingerprint density at radius 3 is 2.80 bits per heavy atom. The Kier molecular flexibility index (Phi) is 4.17. The van der Waals surface area contributed by atoms with Gasteiger partial charge in [-0.15, -0.1) is 10.2 Å². The minimum Gasteiger partial charge on any atom is -0.300 e. The summed E-state index contributed by atoms with van der Waals surface area (Å²) in [6.07, 6.45) is 0.694. The van der Waals surface area contributed by atoms with E-state index < -0.39 is 5.41 Å². The molecule has 0 radical (unpaired) electrons. The van der Waals surface area contributed by atoms with Gasteiger partial charge in [0.15, 0.2) is 0 Å². The van der Waals surface area contributed by atoms with Gasteiger partial charge in [0.25, 0.3) is 0 Å². The van der Waals surface area contributed by atoms with Crippen LogP contribution in [0.2, 0.25) is 0 Å². The Balaban J connectivity index is 1.79. The summed E-state index contributed by atoms with van der Waals surface area (Å²) in [5.41, 5.74) is 4.60. The fourth-order valence-electron chi connectivity index (χ4n) is 3.71. The van der Waals surface area contributed by atoms with Crippen LogP contribution in [0.3, 0.4) is 0 Å². The van der Waals surface area contributed by atoms with Gasteiger partial charge in [-0.05, 0) is 42.2 Å². The van der Waals surface area contributed by atoms with Crippen molar-refractivity contribution in [3.05, 3.63) is 75.2 Å². The lowest BCUT2D eigenvalue weighted by atomic mass is 9.73. The number of halogens is 1. The first-order chi connectivity index (χ1) is 12.1. The topological polar surface area (TPSA) is 54.9 Å². The molecule has 126 valence electrons. The first kappa shape index (κ1) is 16.4. The molecule has 0 saturated carbocycles. The fraction of sp³-hybridized carbons (Fsp3) is 0.211. The quantitative estimate of drug-likeness (QED) is 0.680. The second kappa shape index (κ2) is 6.35.